The molecule has 0 aliphatic carbocycles. The average Bonchev–Trinajstić information content (AvgIpc) is 2.92. The van der Waals surface area contributed by atoms with Crippen molar-refractivity contribution in [2.24, 2.45) is 0 Å². The summed E-state index contributed by atoms with van der Waals surface area (Å²) in [5, 5.41) is 0. The summed E-state index contributed by atoms with van der Waals surface area (Å²) >= 11 is 0. The van der Waals surface area contributed by atoms with Gasteiger partial charge in [-0.15, -0.1) is 0 Å². The lowest BCUT2D eigenvalue weighted by Crippen LogP contribution is -2.56. The first-order chi connectivity index (χ1) is 18.2. The monoisotopic (exact) mass is 514 g/mol. The van der Waals surface area contributed by atoms with E-state index in [2.05, 4.69) is 9.97 Å². The fourth-order valence-corrected chi connectivity index (χ4v) is 5.02. The lowest BCUT2D eigenvalue weighted by molar-refractivity contribution is -0.136. The lowest BCUT2D eigenvalue weighted by Gasteiger charge is -2.41. The van der Waals surface area contributed by atoms with Crippen molar-refractivity contribution in [3.8, 4) is 0 Å². The Kier molecular flexibility index (Phi) is 8.20. The minimum atomic E-state index is -0.632. The molecule has 0 saturated carbocycles. The average molecular weight is 515 g/mol. The van der Waals surface area contributed by atoms with Crippen molar-refractivity contribution < 1.29 is 19.1 Å². The van der Waals surface area contributed by atoms with Crippen molar-refractivity contribution in [2.75, 3.05) is 26.7 Å². The fourth-order valence-electron chi connectivity index (χ4n) is 5.02. The maximum atomic E-state index is 13.9. The SMILES string of the molecule is COC(=O)c1c(C(=O)N2CCN(C(=O)C(c3ccccc3)c3ccccc3)[C@H](C)C2)nc(C)nc1C(C)C. The van der Waals surface area contributed by atoms with E-state index in [1.807, 2.05) is 86.3 Å². The molecule has 4 rings (SSSR count). The molecule has 1 saturated heterocycles. The Labute approximate surface area is 223 Å². The molecule has 0 radical (unpaired) electrons. The van der Waals surface area contributed by atoms with Crippen LogP contribution in [0.5, 0.6) is 0 Å². The molecule has 3 aromatic rings. The van der Waals surface area contributed by atoms with E-state index in [-0.39, 0.29) is 35.0 Å². The van der Waals surface area contributed by atoms with E-state index in [0.717, 1.165) is 11.1 Å². The molecule has 1 aromatic heterocycles. The van der Waals surface area contributed by atoms with Gasteiger partial charge in [0.2, 0.25) is 5.91 Å². The van der Waals surface area contributed by atoms with Gasteiger partial charge >= 0.3 is 5.97 Å². The lowest BCUT2D eigenvalue weighted by atomic mass is 9.89. The molecule has 38 heavy (non-hydrogen) atoms. The number of amides is 2. The number of aromatic nitrogens is 2. The highest BCUT2D eigenvalue weighted by Gasteiger charge is 2.37. The summed E-state index contributed by atoms with van der Waals surface area (Å²) in [6.45, 7) is 8.48. The number of rotatable bonds is 6. The summed E-state index contributed by atoms with van der Waals surface area (Å²) in [7, 11) is 1.28. The third-order valence-corrected chi connectivity index (χ3v) is 6.90. The summed E-state index contributed by atoms with van der Waals surface area (Å²) in [4.78, 5) is 52.6. The zero-order valence-corrected chi connectivity index (χ0v) is 22.5. The van der Waals surface area contributed by atoms with Crippen molar-refractivity contribution in [2.45, 2.75) is 45.6 Å². The topological polar surface area (TPSA) is 92.7 Å². The van der Waals surface area contributed by atoms with Crippen molar-refractivity contribution in [1.82, 2.24) is 19.8 Å². The van der Waals surface area contributed by atoms with E-state index in [0.29, 0.717) is 31.2 Å². The highest BCUT2D eigenvalue weighted by atomic mass is 16.5. The predicted molar refractivity (Wildman–Crippen MR) is 144 cm³/mol. The summed E-state index contributed by atoms with van der Waals surface area (Å²) in [6.07, 6.45) is 0. The fraction of sp³-hybridized carbons (Fsp3) is 0.367. The van der Waals surface area contributed by atoms with Crippen LogP contribution in [-0.2, 0) is 9.53 Å². The number of aryl methyl sites for hydroxylation is 1. The Morgan fingerprint density at radius 2 is 1.50 bits per heavy atom. The normalized spacial score (nSPS) is 15.6. The number of ether oxygens (including phenoxy) is 1. The van der Waals surface area contributed by atoms with Gasteiger partial charge in [0.1, 0.15) is 17.1 Å². The Morgan fingerprint density at radius 3 is 2.00 bits per heavy atom. The first-order valence-electron chi connectivity index (χ1n) is 12.9. The maximum Gasteiger partial charge on any atom is 0.342 e. The van der Waals surface area contributed by atoms with Crippen molar-refractivity contribution in [3.63, 3.8) is 0 Å². The summed E-state index contributed by atoms with van der Waals surface area (Å²) in [6, 6.07) is 19.3. The number of methoxy groups -OCH3 is 1. The standard InChI is InChI=1S/C30H34N4O4/c1-19(2)26-25(30(37)38-5)27(32-21(4)31-26)29(36)33-16-17-34(20(3)18-33)28(35)24(22-12-8-6-9-13-22)23-14-10-7-11-15-23/h6-15,19-20,24H,16-18H2,1-5H3/t20-/m1/s1. The molecule has 1 aliphatic heterocycles. The van der Waals surface area contributed by atoms with E-state index >= 15 is 0 Å². The van der Waals surface area contributed by atoms with Gasteiger partial charge in [-0.2, -0.15) is 0 Å². The molecule has 8 nitrogen and oxygen atoms in total. The largest absolute Gasteiger partial charge is 0.465 e. The first-order valence-corrected chi connectivity index (χ1v) is 12.9. The number of carbonyl (C=O) groups is 3. The smallest absolute Gasteiger partial charge is 0.342 e. The minimum Gasteiger partial charge on any atom is -0.465 e. The maximum absolute atomic E-state index is 13.9. The van der Waals surface area contributed by atoms with Crippen molar-refractivity contribution >= 4 is 17.8 Å². The van der Waals surface area contributed by atoms with Crippen LogP contribution in [-0.4, -0.2) is 70.3 Å². The Hall–Kier alpha value is -4.07. The molecule has 2 amide bonds. The van der Waals surface area contributed by atoms with Gasteiger partial charge in [-0.25, -0.2) is 14.8 Å². The van der Waals surface area contributed by atoms with Gasteiger partial charge in [-0.1, -0.05) is 74.5 Å². The van der Waals surface area contributed by atoms with E-state index in [4.69, 9.17) is 4.74 Å². The molecule has 1 fully saturated rings. The van der Waals surface area contributed by atoms with Crippen LogP contribution in [0.2, 0.25) is 0 Å². The van der Waals surface area contributed by atoms with Crippen LogP contribution < -0.4 is 0 Å². The van der Waals surface area contributed by atoms with E-state index < -0.39 is 11.9 Å². The Bertz CT molecular complexity index is 1270. The molecule has 0 N–H and O–H groups in total. The molecule has 1 atom stereocenters. The second-order valence-electron chi connectivity index (χ2n) is 9.91. The van der Waals surface area contributed by atoms with Gasteiger partial charge in [0.05, 0.1) is 18.7 Å². The molecule has 198 valence electrons. The third kappa shape index (κ3) is 5.44. The van der Waals surface area contributed by atoms with Gasteiger partial charge in [0.15, 0.2) is 0 Å². The van der Waals surface area contributed by atoms with Crippen LogP contribution in [0.1, 0.15) is 76.1 Å². The van der Waals surface area contributed by atoms with E-state index in [9.17, 15) is 14.4 Å². The highest BCUT2D eigenvalue weighted by molar-refractivity contribution is 6.04. The third-order valence-electron chi connectivity index (χ3n) is 6.90. The molecular weight excluding hydrogens is 480 g/mol. The molecule has 2 heterocycles. The second kappa shape index (κ2) is 11.5. The molecule has 2 aromatic carbocycles. The van der Waals surface area contributed by atoms with Gasteiger partial charge in [0, 0.05) is 25.7 Å². The number of nitrogens with zero attached hydrogens (tertiary/aromatic N) is 4. The van der Waals surface area contributed by atoms with Gasteiger partial charge in [0.25, 0.3) is 5.91 Å². The summed E-state index contributed by atoms with van der Waals surface area (Å²) in [5.74, 6) is -1.12. The van der Waals surface area contributed by atoms with Crippen LogP contribution >= 0.6 is 0 Å². The Morgan fingerprint density at radius 1 is 0.921 bits per heavy atom. The number of benzene rings is 2. The molecule has 1 aliphatic rings. The van der Waals surface area contributed by atoms with Crippen LogP contribution in [0.4, 0.5) is 0 Å². The zero-order chi connectivity index (χ0) is 27.4. The molecular formula is C30H34N4O4. The predicted octanol–water partition coefficient (Wildman–Crippen LogP) is 4.20. The summed E-state index contributed by atoms with van der Waals surface area (Å²) < 4.78 is 4.98. The van der Waals surface area contributed by atoms with Crippen LogP contribution in [0.25, 0.3) is 0 Å². The number of piperazine rings is 1. The van der Waals surface area contributed by atoms with Crippen LogP contribution in [0.15, 0.2) is 60.7 Å². The second-order valence-corrected chi connectivity index (χ2v) is 9.91. The van der Waals surface area contributed by atoms with Crippen LogP contribution in [0.3, 0.4) is 0 Å². The highest BCUT2D eigenvalue weighted by Crippen LogP contribution is 2.29. The zero-order valence-electron chi connectivity index (χ0n) is 22.5. The van der Waals surface area contributed by atoms with E-state index in [1.165, 1.54) is 7.11 Å². The van der Waals surface area contributed by atoms with Crippen molar-refractivity contribution in [1.29, 1.82) is 0 Å². The Balaban J connectivity index is 1.60. The van der Waals surface area contributed by atoms with Gasteiger partial charge < -0.3 is 14.5 Å². The number of hydrogen-bond donors (Lipinski definition) is 0. The van der Waals surface area contributed by atoms with Crippen LogP contribution in [0, 0.1) is 6.92 Å². The molecule has 8 heteroatoms. The molecule has 0 spiro atoms. The van der Waals surface area contributed by atoms with Gasteiger partial charge in [-0.3, -0.25) is 9.59 Å². The van der Waals surface area contributed by atoms with Crippen molar-refractivity contribution in [3.05, 3.63) is 94.6 Å². The number of hydrogen-bond acceptors (Lipinski definition) is 6. The summed E-state index contributed by atoms with van der Waals surface area (Å²) in [5.41, 5.74) is 2.50. The quantitative estimate of drug-likeness (QED) is 0.458. The van der Waals surface area contributed by atoms with Gasteiger partial charge in [-0.05, 0) is 30.9 Å². The number of esters is 1. The minimum absolute atomic E-state index is 0.00257. The molecule has 0 bridgehead atoms. The first kappa shape index (κ1) is 27.0. The van der Waals surface area contributed by atoms with E-state index in [1.54, 1.807) is 11.8 Å². The number of carbonyl (C=O) groups excluding carboxylic acids is 3. The molecule has 0 unspecified atom stereocenters.